The lowest BCUT2D eigenvalue weighted by atomic mass is 9.86. The summed E-state index contributed by atoms with van der Waals surface area (Å²) in [7, 11) is 0. The van der Waals surface area contributed by atoms with Gasteiger partial charge in [0.15, 0.2) is 0 Å². The maximum absolute atomic E-state index is 9.44. The molecule has 1 heterocycles. The van der Waals surface area contributed by atoms with Crippen molar-refractivity contribution in [3.8, 4) is 0 Å². The molecule has 2 aliphatic rings. The Kier molecular flexibility index (Phi) is 4.68. The molecule has 1 saturated heterocycles. The van der Waals surface area contributed by atoms with Gasteiger partial charge in [-0.25, -0.2) is 0 Å². The normalized spacial score (nSPS) is 30.8. The van der Waals surface area contributed by atoms with Crippen molar-refractivity contribution in [2.75, 3.05) is 25.0 Å². The average molecular weight is 290 g/mol. The fourth-order valence-corrected chi connectivity index (χ4v) is 4.10. The molecule has 0 spiro atoms. The molecule has 2 rings (SSSR count). The van der Waals surface area contributed by atoms with Gasteiger partial charge in [0.2, 0.25) is 0 Å². The van der Waals surface area contributed by atoms with Gasteiger partial charge in [-0.1, -0.05) is 35.2 Å². The first kappa shape index (κ1) is 12.8. The Hall–Kier alpha value is 0.400. The molecule has 16 heavy (non-hydrogen) atoms. The zero-order chi connectivity index (χ0) is 11.4. The summed E-state index contributed by atoms with van der Waals surface area (Å²) in [6.45, 7) is 2.74. The summed E-state index contributed by atoms with van der Waals surface area (Å²) in [5, 5.41) is 10.6. The lowest BCUT2D eigenvalue weighted by Crippen LogP contribution is -2.47. The SMILES string of the molecule is OCC1CCCCN1CC1(CBr)CCCC1. The van der Waals surface area contributed by atoms with E-state index in [1.54, 1.807) is 0 Å². The van der Waals surface area contributed by atoms with Crippen LogP contribution in [-0.2, 0) is 0 Å². The average Bonchev–Trinajstić information content (AvgIpc) is 2.79. The number of nitrogens with zero attached hydrogens (tertiary/aromatic N) is 1. The van der Waals surface area contributed by atoms with Gasteiger partial charge in [0.1, 0.15) is 0 Å². The number of hydrogen-bond donors (Lipinski definition) is 1. The van der Waals surface area contributed by atoms with Crippen LogP contribution in [-0.4, -0.2) is 41.1 Å². The minimum absolute atomic E-state index is 0.346. The summed E-state index contributed by atoms with van der Waals surface area (Å²) in [4.78, 5) is 2.55. The van der Waals surface area contributed by atoms with E-state index in [2.05, 4.69) is 20.8 Å². The van der Waals surface area contributed by atoms with E-state index in [-0.39, 0.29) is 0 Å². The second-order valence-electron chi connectivity index (χ2n) is 5.64. The monoisotopic (exact) mass is 289 g/mol. The fraction of sp³-hybridized carbons (Fsp3) is 1.00. The predicted molar refractivity (Wildman–Crippen MR) is 71.0 cm³/mol. The van der Waals surface area contributed by atoms with Crippen LogP contribution in [0.25, 0.3) is 0 Å². The van der Waals surface area contributed by atoms with Crippen LogP contribution in [0.3, 0.4) is 0 Å². The molecule has 94 valence electrons. The van der Waals surface area contributed by atoms with Crippen molar-refractivity contribution >= 4 is 15.9 Å². The van der Waals surface area contributed by atoms with Crippen molar-refractivity contribution < 1.29 is 5.11 Å². The number of aliphatic hydroxyl groups is 1. The summed E-state index contributed by atoms with van der Waals surface area (Å²) in [6.07, 6.45) is 9.32. The number of likely N-dealkylation sites (tertiary alicyclic amines) is 1. The van der Waals surface area contributed by atoms with E-state index in [1.807, 2.05) is 0 Å². The summed E-state index contributed by atoms with van der Waals surface area (Å²) >= 11 is 3.71. The van der Waals surface area contributed by atoms with Crippen molar-refractivity contribution in [1.29, 1.82) is 0 Å². The molecule has 1 aliphatic heterocycles. The first-order valence-electron chi connectivity index (χ1n) is 6.70. The van der Waals surface area contributed by atoms with Crippen LogP contribution in [0.4, 0.5) is 0 Å². The molecule has 1 saturated carbocycles. The molecule has 1 aliphatic carbocycles. The molecular weight excluding hydrogens is 266 g/mol. The predicted octanol–water partition coefficient (Wildman–Crippen LogP) is 2.79. The molecule has 1 N–H and O–H groups in total. The first-order chi connectivity index (χ1) is 7.79. The van der Waals surface area contributed by atoms with E-state index >= 15 is 0 Å². The van der Waals surface area contributed by atoms with E-state index in [0.29, 0.717) is 18.1 Å². The van der Waals surface area contributed by atoms with Crippen molar-refractivity contribution in [1.82, 2.24) is 4.90 Å². The summed E-state index contributed by atoms with van der Waals surface area (Å²) in [5.41, 5.74) is 0.505. The Morgan fingerprint density at radius 2 is 1.94 bits per heavy atom. The van der Waals surface area contributed by atoms with Crippen LogP contribution in [0.2, 0.25) is 0 Å². The second kappa shape index (κ2) is 5.83. The third kappa shape index (κ3) is 2.80. The number of alkyl halides is 1. The molecule has 1 atom stereocenters. The fourth-order valence-electron chi connectivity index (χ4n) is 3.36. The van der Waals surface area contributed by atoms with Gasteiger partial charge < -0.3 is 5.11 Å². The van der Waals surface area contributed by atoms with Gasteiger partial charge in [-0.3, -0.25) is 4.90 Å². The Bertz CT molecular complexity index is 216. The van der Waals surface area contributed by atoms with Crippen LogP contribution in [0.1, 0.15) is 44.9 Å². The minimum atomic E-state index is 0.346. The van der Waals surface area contributed by atoms with Crippen molar-refractivity contribution in [2.45, 2.75) is 51.0 Å². The molecule has 1 unspecified atom stereocenters. The topological polar surface area (TPSA) is 23.5 Å². The highest BCUT2D eigenvalue weighted by atomic mass is 79.9. The quantitative estimate of drug-likeness (QED) is 0.805. The van der Waals surface area contributed by atoms with Crippen LogP contribution in [0.15, 0.2) is 0 Å². The van der Waals surface area contributed by atoms with E-state index < -0.39 is 0 Å². The zero-order valence-corrected chi connectivity index (χ0v) is 11.7. The Labute approximate surface area is 108 Å². The number of aliphatic hydroxyl groups excluding tert-OH is 1. The first-order valence-corrected chi connectivity index (χ1v) is 7.83. The van der Waals surface area contributed by atoms with Gasteiger partial charge in [0.25, 0.3) is 0 Å². The summed E-state index contributed by atoms with van der Waals surface area (Å²) in [6, 6.07) is 0.435. The minimum Gasteiger partial charge on any atom is -0.395 e. The number of rotatable bonds is 4. The van der Waals surface area contributed by atoms with E-state index in [0.717, 1.165) is 5.33 Å². The Morgan fingerprint density at radius 1 is 1.19 bits per heavy atom. The van der Waals surface area contributed by atoms with E-state index in [4.69, 9.17) is 0 Å². The highest BCUT2D eigenvalue weighted by molar-refractivity contribution is 9.09. The number of piperidine rings is 1. The van der Waals surface area contributed by atoms with E-state index in [9.17, 15) is 5.11 Å². The van der Waals surface area contributed by atoms with Gasteiger partial charge in [-0.15, -0.1) is 0 Å². The molecule has 0 aromatic rings. The molecule has 3 heteroatoms. The zero-order valence-electron chi connectivity index (χ0n) is 10.1. The molecule has 0 bridgehead atoms. The van der Waals surface area contributed by atoms with Gasteiger partial charge in [-0.2, -0.15) is 0 Å². The van der Waals surface area contributed by atoms with Gasteiger partial charge in [0.05, 0.1) is 6.61 Å². The van der Waals surface area contributed by atoms with Gasteiger partial charge in [0, 0.05) is 17.9 Å². The summed E-state index contributed by atoms with van der Waals surface area (Å²) in [5.74, 6) is 0. The molecule has 0 radical (unpaired) electrons. The van der Waals surface area contributed by atoms with Crippen LogP contribution in [0, 0.1) is 5.41 Å². The largest absolute Gasteiger partial charge is 0.395 e. The van der Waals surface area contributed by atoms with Crippen LogP contribution >= 0.6 is 15.9 Å². The van der Waals surface area contributed by atoms with Crippen LogP contribution < -0.4 is 0 Å². The van der Waals surface area contributed by atoms with Gasteiger partial charge >= 0.3 is 0 Å². The van der Waals surface area contributed by atoms with Crippen molar-refractivity contribution in [3.63, 3.8) is 0 Å². The van der Waals surface area contributed by atoms with Crippen LogP contribution in [0.5, 0.6) is 0 Å². The molecule has 0 amide bonds. The third-order valence-corrected chi connectivity index (χ3v) is 5.64. The number of halogens is 1. The number of hydrogen-bond acceptors (Lipinski definition) is 2. The molecule has 2 nitrogen and oxygen atoms in total. The molecule has 0 aromatic carbocycles. The Balaban J connectivity index is 1.95. The van der Waals surface area contributed by atoms with E-state index in [1.165, 1.54) is 58.0 Å². The Morgan fingerprint density at radius 3 is 2.56 bits per heavy atom. The smallest absolute Gasteiger partial charge is 0.0586 e. The highest BCUT2D eigenvalue weighted by Crippen LogP contribution is 2.41. The maximum Gasteiger partial charge on any atom is 0.0586 e. The highest BCUT2D eigenvalue weighted by Gasteiger charge is 2.36. The third-order valence-electron chi connectivity index (χ3n) is 4.45. The van der Waals surface area contributed by atoms with Crippen molar-refractivity contribution in [3.05, 3.63) is 0 Å². The summed E-state index contributed by atoms with van der Waals surface area (Å²) < 4.78 is 0. The molecule has 2 fully saturated rings. The second-order valence-corrected chi connectivity index (χ2v) is 6.20. The lowest BCUT2D eigenvalue weighted by molar-refractivity contribution is 0.0561. The standard InChI is InChI=1S/C13H24BrNO/c14-10-13(6-2-3-7-13)11-15-8-4-1-5-12(15)9-16/h12,16H,1-11H2. The maximum atomic E-state index is 9.44. The van der Waals surface area contributed by atoms with Gasteiger partial charge in [-0.05, 0) is 37.6 Å². The molecule has 0 aromatic heterocycles. The molecular formula is C13H24BrNO. The lowest BCUT2D eigenvalue weighted by Gasteiger charge is -2.40. The van der Waals surface area contributed by atoms with Crippen molar-refractivity contribution in [2.24, 2.45) is 5.41 Å².